The molecule has 1 aliphatic rings. The molecule has 0 fully saturated rings. The van der Waals surface area contributed by atoms with Crippen molar-refractivity contribution in [3.8, 4) is 0 Å². The molecule has 0 atom stereocenters. The van der Waals surface area contributed by atoms with Gasteiger partial charge in [-0.15, -0.1) is 0 Å². The van der Waals surface area contributed by atoms with Gasteiger partial charge in [0.1, 0.15) is 5.82 Å². The van der Waals surface area contributed by atoms with E-state index < -0.39 is 5.97 Å². The van der Waals surface area contributed by atoms with Crippen LogP contribution in [0.3, 0.4) is 0 Å². The Morgan fingerprint density at radius 1 is 1.35 bits per heavy atom. The molecule has 0 aliphatic carbocycles. The minimum absolute atomic E-state index is 0.317. The van der Waals surface area contributed by atoms with Crippen LogP contribution in [-0.2, 0) is 0 Å². The number of aromatic carboxylic acids is 1. The summed E-state index contributed by atoms with van der Waals surface area (Å²) in [5.41, 5.74) is 2.34. The zero-order chi connectivity index (χ0) is 14.1. The fourth-order valence-electron chi connectivity index (χ4n) is 2.61. The second-order valence-corrected chi connectivity index (χ2v) is 5.11. The van der Waals surface area contributed by atoms with Crippen molar-refractivity contribution in [3.63, 3.8) is 0 Å². The molecule has 1 aromatic carbocycles. The van der Waals surface area contributed by atoms with E-state index in [0.717, 1.165) is 30.8 Å². The van der Waals surface area contributed by atoms with Crippen molar-refractivity contribution < 1.29 is 9.90 Å². The molecule has 4 nitrogen and oxygen atoms in total. The summed E-state index contributed by atoms with van der Waals surface area (Å²) in [5, 5.41) is 10.1. The molecule has 1 aromatic heterocycles. The molecule has 1 aliphatic heterocycles. The number of carboxylic acid groups (broad SMARTS) is 1. The fourth-order valence-corrected chi connectivity index (χ4v) is 2.61. The number of benzene rings is 1. The maximum absolute atomic E-state index is 11.5. The highest BCUT2D eigenvalue weighted by Gasteiger charge is 2.17. The lowest BCUT2D eigenvalue weighted by Crippen LogP contribution is -2.30. The van der Waals surface area contributed by atoms with E-state index in [4.69, 9.17) is 0 Å². The van der Waals surface area contributed by atoms with Gasteiger partial charge in [0.15, 0.2) is 0 Å². The highest BCUT2D eigenvalue weighted by atomic mass is 16.4. The van der Waals surface area contributed by atoms with Gasteiger partial charge in [0.2, 0.25) is 0 Å². The fraction of sp³-hybridized carbons (Fsp3) is 0.250. The van der Waals surface area contributed by atoms with Gasteiger partial charge >= 0.3 is 5.97 Å². The zero-order valence-electron chi connectivity index (χ0n) is 11.3. The Labute approximate surface area is 117 Å². The number of para-hydroxylation sites is 1. The smallest absolute Gasteiger partial charge is 0.336 e. The third-order valence-corrected chi connectivity index (χ3v) is 3.59. The SMILES string of the molecule is CC1=CCCN(c2cc(C(=O)O)c3ccccc3n2)C1. The predicted molar refractivity (Wildman–Crippen MR) is 79.3 cm³/mol. The first-order chi connectivity index (χ1) is 9.65. The minimum Gasteiger partial charge on any atom is -0.478 e. The van der Waals surface area contributed by atoms with Crippen molar-refractivity contribution in [2.24, 2.45) is 0 Å². The Balaban J connectivity index is 2.12. The molecule has 0 unspecified atom stereocenters. The van der Waals surface area contributed by atoms with Crippen molar-refractivity contribution in [2.45, 2.75) is 13.3 Å². The summed E-state index contributed by atoms with van der Waals surface area (Å²) >= 11 is 0. The monoisotopic (exact) mass is 268 g/mol. The van der Waals surface area contributed by atoms with E-state index in [-0.39, 0.29) is 0 Å². The summed E-state index contributed by atoms with van der Waals surface area (Å²) in [6.45, 7) is 3.78. The maximum atomic E-state index is 11.5. The predicted octanol–water partition coefficient (Wildman–Crippen LogP) is 3.09. The van der Waals surface area contributed by atoms with Crippen LogP contribution in [-0.4, -0.2) is 29.1 Å². The van der Waals surface area contributed by atoms with Crippen molar-refractivity contribution in [1.29, 1.82) is 0 Å². The Morgan fingerprint density at radius 2 is 2.15 bits per heavy atom. The van der Waals surface area contributed by atoms with E-state index in [0.29, 0.717) is 10.9 Å². The van der Waals surface area contributed by atoms with E-state index in [9.17, 15) is 9.90 Å². The lowest BCUT2D eigenvalue weighted by Gasteiger charge is -2.27. The molecule has 0 bridgehead atoms. The quantitative estimate of drug-likeness (QED) is 0.850. The number of carboxylic acids is 1. The van der Waals surface area contributed by atoms with Crippen LogP contribution in [0.15, 0.2) is 42.0 Å². The van der Waals surface area contributed by atoms with Gasteiger partial charge in [-0.25, -0.2) is 9.78 Å². The van der Waals surface area contributed by atoms with Crippen LogP contribution in [0.5, 0.6) is 0 Å². The molecule has 1 N–H and O–H groups in total. The van der Waals surface area contributed by atoms with Gasteiger partial charge in [-0.2, -0.15) is 0 Å². The van der Waals surface area contributed by atoms with Crippen molar-refractivity contribution in [3.05, 3.63) is 47.5 Å². The van der Waals surface area contributed by atoms with Crippen LogP contribution in [0.1, 0.15) is 23.7 Å². The lowest BCUT2D eigenvalue weighted by atomic mass is 10.1. The summed E-state index contributed by atoms with van der Waals surface area (Å²) < 4.78 is 0. The lowest BCUT2D eigenvalue weighted by molar-refractivity contribution is 0.0699. The van der Waals surface area contributed by atoms with Gasteiger partial charge in [-0.1, -0.05) is 29.8 Å². The van der Waals surface area contributed by atoms with Gasteiger partial charge in [0.25, 0.3) is 0 Å². The average Bonchev–Trinajstić information content (AvgIpc) is 2.46. The molecule has 0 amide bonds. The summed E-state index contributed by atoms with van der Waals surface area (Å²) in [5.74, 6) is -0.164. The number of anilines is 1. The molecule has 4 heteroatoms. The van der Waals surface area contributed by atoms with Crippen LogP contribution in [0.25, 0.3) is 10.9 Å². The van der Waals surface area contributed by atoms with E-state index in [2.05, 4.69) is 22.9 Å². The van der Waals surface area contributed by atoms with Gasteiger partial charge in [-0.05, 0) is 25.5 Å². The van der Waals surface area contributed by atoms with E-state index in [1.165, 1.54) is 5.57 Å². The topological polar surface area (TPSA) is 53.4 Å². The number of carbonyl (C=O) groups is 1. The summed E-state index contributed by atoms with van der Waals surface area (Å²) in [6, 6.07) is 9.06. The Hall–Kier alpha value is -2.36. The first-order valence-corrected chi connectivity index (χ1v) is 6.69. The zero-order valence-corrected chi connectivity index (χ0v) is 11.3. The number of pyridine rings is 1. The molecular weight excluding hydrogens is 252 g/mol. The second kappa shape index (κ2) is 4.96. The Morgan fingerprint density at radius 3 is 2.90 bits per heavy atom. The van der Waals surface area contributed by atoms with Crippen molar-refractivity contribution in [2.75, 3.05) is 18.0 Å². The largest absolute Gasteiger partial charge is 0.478 e. The molecule has 2 aromatic rings. The molecular formula is C16H16N2O2. The van der Waals surface area contributed by atoms with Crippen LogP contribution in [0.2, 0.25) is 0 Å². The number of fused-ring (bicyclic) bond motifs is 1. The number of aromatic nitrogens is 1. The third kappa shape index (κ3) is 2.25. The van der Waals surface area contributed by atoms with Gasteiger partial charge in [0.05, 0.1) is 11.1 Å². The first-order valence-electron chi connectivity index (χ1n) is 6.69. The van der Waals surface area contributed by atoms with E-state index in [1.54, 1.807) is 12.1 Å². The van der Waals surface area contributed by atoms with Gasteiger partial charge in [-0.3, -0.25) is 0 Å². The van der Waals surface area contributed by atoms with Crippen LogP contribution >= 0.6 is 0 Å². The maximum Gasteiger partial charge on any atom is 0.336 e. The first kappa shape index (κ1) is 12.7. The Kier molecular flexibility index (Phi) is 3.14. The van der Waals surface area contributed by atoms with E-state index >= 15 is 0 Å². The number of hydrogen-bond acceptors (Lipinski definition) is 3. The second-order valence-electron chi connectivity index (χ2n) is 5.11. The number of rotatable bonds is 2. The highest BCUT2D eigenvalue weighted by molar-refractivity contribution is 6.03. The van der Waals surface area contributed by atoms with Crippen LogP contribution in [0, 0.1) is 0 Å². The van der Waals surface area contributed by atoms with Crippen molar-refractivity contribution >= 4 is 22.7 Å². The van der Waals surface area contributed by atoms with Crippen LogP contribution < -0.4 is 4.90 Å². The van der Waals surface area contributed by atoms with Gasteiger partial charge < -0.3 is 10.0 Å². The molecule has 102 valence electrons. The molecule has 0 saturated carbocycles. The molecule has 0 saturated heterocycles. The highest BCUT2D eigenvalue weighted by Crippen LogP contribution is 2.25. The summed E-state index contributed by atoms with van der Waals surface area (Å²) in [6.07, 6.45) is 3.19. The molecule has 3 rings (SSSR count). The number of hydrogen-bond donors (Lipinski definition) is 1. The molecule has 0 spiro atoms. The average molecular weight is 268 g/mol. The molecule has 0 radical (unpaired) electrons. The minimum atomic E-state index is -0.908. The summed E-state index contributed by atoms with van der Waals surface area (Å²) in [7, 11) is 0. The van der Waals surface area contributed by atoms with Crippen molar-refractivity contribution in [1.82, 2.24) is 4.98 Å². The summed E-state index contributed by atoms with van der Waals surface area (Å²) in [4.78, 5) is 18.2. The van der Waals surface area contributed by atoms with Gasteiger partial charge in [0, 0.05) is 18.5 Å². The third-order valence-electron chi connectivity index (χ3n) is 3.59. The van der Waals surface area contributed by atoms with Crippen LogP contribution in [0.4, 0.5) is 5.82 Å². The number of nitrogens with zero attached hydrogens (tertiary/aromatic N) is 2. The molecule has 2 heterocycles. The normalized spacial score (nSPS) is 15.2. The Bertz CT molecular complexity index is 707. The molecule has 20 heavy (non-hydrogen) atoms. The van der Waals surface area contributed by atoms with E-state index in [1.807, 2.05) is 18.2 Å². The standard InChI is InChI=1S/C16H16N2O2/c1-11-5-4-8-18(10-11)15-9-13(16(19)20)12-6-2-3-7-14(12)17-15/h2-3,5-7,9H,4,8,10H2,1H3,(H,19,20).